The summed E-state index contributed by atoms with van der Waals surface area (Å²) in [6.45, 7) is 6.29. The molecule has 0 N–H and O–H groups in total. The number of nitrogens with zero attached hydrogens (tertiary/aromatic N) is 3. The number of likely N-dealkylation sites (tertiary alicyclic amines) is 1. The summed E-state index contributed by atoms with van der Waals surface area (Å²) in [5.41, 5.74) is 0. The summed E-state index contributed by atoms with van der Waals surface area (Å²) in [7, 11) is 0. The molecule has 0 radical (unpaired) electrons. The van der Waals surface area contributed by atoms with Crippen LogP contribution in [-0.4, -0.2) is 71.8 Å². The second-order valence-electron chi connectivity index (χ2n) is 6.69. The van der Waals surface area contributed by atoms with Crippen LogP contribution < -0.4 is 0 Å². The average Bonchev–Trinajstić information content (AvgIpc) is 3.16. The SMILES string of the molecule is CCC1CCCCN1C(=O)CN1CCN(C(=O)c2ccco2)CC1. The zero-order valence-corrected chi connectivity index (χ0v) is 14.4. The van der Waals surface area contributed by atoms with Crippen molar-refractivity contribution in [3.63, 3.8) is 0 Å². The lowest BCUT2D eigenvalue weighted by Crippen LogP contribution is -2.53. The minimum Gasteiger partial charge on any atom is -0.459 e. The fourth-order valence-electron chi connectivity index (χ4n) is 3.70. The molecular weight excluding hydrogens is 306 g/mol. The molecule has 3 rings (SSSR count). The van der Waals surface area contributed by atoms with Crippen molar-refractivity contribution in [2.75, 3.05) is 39.3 Å². The zero-order valence-electron chi connectivity index (χ0n) is 14.4. The second-order valence-corrected chi connectivity index (χ2v) is 6.69. The van der Waals surface area contributed by atoms with E-state index in [0.717, 1.165) is 38.9 Å². The van der Waals surface area contributed by atoms with Crippen LogP contribution in [0.3, 0.4) is 0 Å². The van der Waals surface area contributed by atoms with Crippen LogP contribution in [0, 0.1) is 0 Å². The van der Waals surface area contributed by atoms with E-state index in [1.807, 2.05) is 0 Å². The molecule has 0 bridgehead atoms. The van der Waals surface area contributed by atoms with Crippen LogP contribution >= 0.6 is 0 Å². The summed E-state index contributed by atoms with van der Waals surface area (Å²) < 4.78 is 5.18. The predicted octanol–water partition coefficient (Wildman–Crippen LogP) is 1.83. The maximum absolute atomic E-state index is 12.6. The Labute approximate surface area is 143 Å². The topological polar surface area (TPSA) is 57.0 Å². The molecule has 2 saturated heterocycles. The van der Waals surface area contributed by atoms with Crippen molar-refractivity contribution in [1.29, 1.82) is 0 Å². The van der Waals surface area contributed by atoms with Crippen molar-refractivity contribution >= 4 is 11.8 Å². The smallest absolute Gasteiger partial charge is 0.289 e. The van der Waals surface area contributed by atoms with Crippen molar-refractivity contribution in [3.8, 4) is 0 Å². The molecule has 2 aliphatic heterocycles. The van der Waals surface area contributed by atoms with Gasteiger partial charge in [-0.1, -0.05) is 6.92 Å². The molecule has 2 amide bonds. The lowest BCUT2D eigenvalue weighted by atomic mass is 10.00. The van der Waals surface area contributed by atoms with Gasteiger partial charge in [-0.2, -0.15) is 0 Å². The molecule has 24 heavy (non-hydrogen) atoms. The van der Waals surface area contributed by atoms with Crippen molar-refractivity contribution in [2.45, 2.75) is 38.6 Å². The van der Waals surface area contributed by atoms with Crippen molar-refractivity contribution in [2.24, 2.45) is 0 Å². The molecule has 1 aromatic rings. The molecule has 132 valence electrons. The first-order valence-electron chi connectivity index (χ1n) is 9.03. The Morgan fingerprint density at radius 3 is 2.62 bits per heavy atom. The van der Waals surface area contributed by atoms with E-state index in [4.69, 9.17) is 4.42 Å². The standard InChI is InChI=1S/C18H27N3O3/c1-2-15-6-3-4-8-21(15)17(22)14-19-9-11-20(12-10-19)18(23)16-7-5-13-24-16/h5,7,13,15H,2-4,6,8-12,14H2,1H3. The molecule has 0 spiro atoms. The Hall–Kier alpha value is -1.82. The van der Waals surface area contributed by atoms with E-state index in [9.17, 15) is 9.59 Å². The van der Waals surface area contributed by atoms with E-state index in [0.29, 0.717) is 31.4 Å². The Morgan fingerprint density at radius 1 is 1.17 bits per heavy atom. The molecule has 0 aromatic carbocycles. The maximum Gasteiger partial charge on any atom is 0.289 e. The lowest BCUT2D eigenvalue weighted by molar-refractivity contribution is -0.136. The van der Waals surface area contributed by atoms with Crippen LogP contribution in [0.1, 0.15) is 43.2 Å². The van der Waals surface area contributed by atoms with Crippen LogP contribution in [0.4, 0.5) is 0 Å². The summed E-state index contributed by atoms with van der Waals surface area (Å²) in [5, 5.41) is 0. The van der Waals surface area contributed by atoms with E-state index < -0.39 is 0 Å². The highest BCUT2D eigenvalue weighted by Gasteiger charge is 2.29. The number of carbonyl (C=O) groups excluding carboxylic acids is 2. The van der Waals surface area contributed by atoms with E-state index in [1.54, 1.807) is 17.0 Å². The number of hydrogen-bond acceptors (Lipinski definition) is 4. The van der Waals surface area contributed by atoms with E-state index in [1.165, 1.54) is 12.7 Å². The molecule has 0 saturated carbocycles. The summed E-state index contributed by atoms with van der Waals surface area (Å²) in [5.74, 6) is 0.569. The monoisotopic (exact) mass is 333 g/mol. The fraction of sp³-hybridized carbons (Fsp3) is 0.667. The van der Waals surface area contributed by atoms with Crippen LogP contribution in [-0.2, 0) is 4.79 Å². The molecule has 1 aromatic heterocycles. The predicted molar refractivity (Wildman–Crippen MR) is 90.7 cm³/mol. The number of carbonyl (C=O) groups is 2. The van der Waals surface area contributed by atoms with E-state index >= 15 is 0 Å². The van der Waals surface area contributed by atoms with E-state index in [2.05, 4.69) is 16.7 Å². The van der Waals surface area contributed by atoms with Crippen molar-refractivity contribution in [1.82, 2.24) is 14.7 Å². The van der Waals surface area contributed by atoms with Gasteiger partial charge in [-0.05, 0) is 37.8 Å². The quantitative estimate of drug-likeness (QED) is 0.843. The third-order valence-corrected chi connectivity index (χ3v) is 5.17. The van der Waals surface area contributed by atoms with Gasteiger partial charge in [-0.15, -0.1) is 0 Å². The minimum atomic E-state index is -0.0620. The molecule has 2 fully saturated rings. The molecule has 6 heteroatoms. The Bertz CT molecular complexity index is 550. The van der Waals surface area contributed by atoms with Crippen molar-refractivity contribution in [3.05, 3.63) is 24.2 Å². The van der Waals surface area contributed by atoms with Crippen LogP contribution in [0.25, 0.3) is 0 Å². The maximum atomic E-state index is 12.6. The molecule has 2 aliphatic rings. The first-order chi connectivity index (χ1) is 11.7. The molecule has 3 heterocycles. The Kier molecular flexibility index (Phi) is 5.56. The highest BCUT2D eigenvalue weighted by atomic mass is 16.3. The molecule has 1 atom stereocenters. The number of piperidine rings is 1. The Balaban J connectivity index is 1.48. The van der Waals surface area contributed by atoms with Gasteiger partial charge in [-0.3, -0.25) is 14.5 Å². The van der Waals surface area contributed by atoms with Gasteiger partial charge in [0.15, 0.2) is 5.76 Å². The largest absolute Gasteiger partial charge is 0.459 e. The lowest BCUT2D eigenvalue weighted by Gasteiger charge is -2.38. The third-order valence-electron chi connectivity index (χ3n) is 5.17. The summed E-state index contributed by atoms with van der Waals surface area (Å²) >= 11 is 0. The van der Waals surface area contributed by atoms with Gasteiger partial charge in [0.25, 0.3) is 5.91 Å². The summed E-state index contributed by atoms with van der Waals surface area (Å²) in [6.07, 6.45) is 6.04. The fourth-order valence-corrected chi connectivity index (χ4v) is 3.70. The van der Waals surface area contributed by atoms with Crippen molar-refractivity contribution < 1.29 is 14.0 Å². The van der Waals surface area contributed by atoms with Crippen LogP contribution in [0.15, 0.2) is 22.8 Å². The van der Waals surface area contributed by atoms with Gasteiger partial charge in [-0.25, -0.2) is 0 Å². The summed E-state index contributed by atoms with van der Waals surface area (Å²) in [6, 6.07) is 3.83. The molecular formula is C18H27N3O3. The normalized spacial score (nSPS) is 22.6. The zero-order chi connectivity index (χ0) is 16.9. The molecule has 6 nitrogen and oxygen atoms in total. The molecule has 1 unspecified atom stereocenters. The van der Waals surface area contributed by atoms with Gasteiger partial charge in [0.2, 0.25) is 5.91 Å². The van der Waals surface area contributed by atoms with Gasteiger partial charge in [0.1, 0.15) is 0 Å². The van der Waals surface area contributed by atoms with Gasteiger partial charge < -0.3 is 14.2 Å². The highest BCUT2D eigenvalue weighted by Crippen LogP contribution is 2.20. The number of amides is 2. The van der Waals surface area contributed by atoms with E-state index in [-0.39, 0.29) is 11.8 Å². The first-order valence-corrected chi connectivity index (χ1v) is 9.03. The Morgan fingerprint density at radius 2 is 1.96 bits per heavy atom. The molecule has 0 aliphatic carbocycles. The van der Waals surface area contributed by atoms with Gasteiger partial charge in [0.05, 0.1) is 12.8 Å². The second kappa shape index (κ2) is 7.83. The van der Waals surface area contributed by atoms with Crippen LogP contribution in [0.2, 0.25) is 0 Å². The first kappa shape index (κ1) is 17.0. The van der Waals surface area contributed by atoms with Gasteiger partial charge >= 0.3 is 0 Å². The minimum absolute atomic E-state index is 0.0620. The highest BCUT2D eigenvalue weighted by molar-refractivity contribution is 5.91. The average molecular weight is 333 g/mol. The number of rotatable bonds is 4. The number of hydrogen-bond donors (Lipinski definition) is 0. The van der Waals surface area contributed by atoms with Gasteiger partial charge in [0, 0.05) is 38.8 Å². The number of furan rings is 1. The summed E-state index contributed by atoms with van der Waals surface area (Å²) in [4.78, 5) is 30.9. The third kappa shape index (κ3) is 3.80. The number of piperazine rings is 1. The van der Waals surface area contributed by atoms with Crippen LogP contribution in [0.5, 0.6) is 0 Å².